The van der Waals surface area contributed by atoms with Gasteiger partial charge in [0.15, 0.2) is 0 Å². The molecule has 0 radical (unpaired) electrons. The number of amides is 1. The first-order valence-corrected chi connectivity index (χ1v) is 9.33. The maximum atomic E-state index is 13.0. The van der Waals surface area contributed by atoms with Crippen molar-refractivity contribution in [1.29, 1.82) is 0 Å². The number of ether oxygens (including phenoxy) is 1. The Morgan fingerprint density at radius 1 is 1.18 bits per heavy atom. The topological polar surface area (TPSA) is 78.2 Å². The molecule has 28 heavy (non-hydrogen) atoms. The monoisotopic (exact) mass is 377 g/mol. The van der Waals surface area contributed by atoms with Crippen LogP contribution in [0.15, 0.2) is 36.5 Å². The van der Waals surface area contributed by atoms with Crippen LogP contribution in [0, 0.1) is 13.8 Å². The Bertz CT molecular complexity index is 1100. The minimum Gasteiger partial charge on any atom is -0.465 e. The molecular weight excluding hydrogens is 354 g/mol. The van der Waals surface area contributed by atoms with Gasteiger partial charge in [-0.3, -0.25) is 4.79 Å². The molecule has 4 rings (SSSR count). The number of carbonyl (C=O) groups is 2. The average molecular weight is 377 g/mol. The molecule has 1 amide bonds. The lowest BCUT2D eigenvalue weighted by Crippen LogP contribution is -2.35. The number of benzene rings is 1. The molecular formula is C22H23N3O3. The van der Waals surface area contributed by atoms with E-state index in [1.165, 1.54) is 23.6 Å². The van der Waals surface area contributed by atoms with Crippen molar-refractivity contribution in [3.8, 4) is 0 Å². The number of nitrogens with zero attached hydrogens (tertiary/aromatic N) is 1. The van der Waals surface area contributed by atoms with Crippen molar-refractivity contribution < 1.29 is 14.3 Å². The van der Waals surface area contributed by atoms with Gasteiger partial charge in [-0.25, -0.2) is 4.79 Å². The Labute approximate surface area is 163 Å². The largest absolute Gasteiger partial charge is 0.465 e. The molecule has 2 aromatic heterocycles. The third kappa shape index (κ3) is 2.91. The van der Waals surface area contributed by atoms with E-state index < -0.39 is 5.97 Å². The van der Waals surface area contributed by atoms with Gasteiger partial charge in [0.25, 0.3) is 5.91 Å². The number of fused-ring (bicyclic) bond motifs is 1. The number of H-pyrrole nitrogens is 2. The summed E-state index contributed by atoms with van der Waals surface area (Å²) in [6.07, 6.45) is 4.94. The first-order valence-electron chi connectivity index (χ1n) is 9.33. The number of carbonyl (C=O) groups excluding carboxylic acids is 2. The molecule has 0 spiro atoms. The van der Waals surface area contributed by atoms with Crippen LogP contribution in [-0.2, 0) is 4.74 Å². The zero-order valence-corrected chi connectivity index (χ0v) is 16.3. The van der Waals surface area contributed by atoms with Crippen molar-refractivity contribution in [3.63, 3.8) is 0 Å². The molecule has 0 unspecified atom stereocenters. The molecule has 1 aliphatic rings. The van der Waals surface area contributed by atoms with Crippen molar-refractivity contribution >= 4 is 28.4 Å². The van der Waals surface area contributed by atoms with E-state index in [-0.39, 0.29) is 5.91 Å². The van der Waals surface area contributed by atoms with Crippen LogP contribution >= 0.6 is 0 Å². The molecule has 3 heterocycles. The number of esters is 1. The van der Waals surface area contributed by atoms with E-state index in [0.717, 1.165) is 11.9 Å². The van der Waals surface area contributed by atoms with Gasteiger partial charge in [-0.2, -0.15) is 0 Å². The van der Waals surface area contributed by atoms with Crippen LogP contribution in [0.3, 0.4) is 0 Å². The van der Waals surface area contributed by atoms with Crippen LogP contribution in [0.2, 0.25) is 0 Å². The van der Waals surface area contributed by atoms with Gasteiger partial charge in [-0.1, -0.05) is 24.3 Å². The van der Waals surface area contributed by atoms with Gasteiger partial charge in [0.05, 0.1) is 12.7 Å². The predicted molar refractivity (Wildman–Crippen MR) is 108 cm³/mol. The third-order valence-electron chi connectivity index (χ3n) is 5.47. The standard InChI is InChI=1S/C22H23N3O3/c1-13-19(22(27)28-3)14(2)24-20(13)21(26)25-10-8-15(9-11-25)17-12-23-18-7-5-4-6-16(17)18/h4-8,12,23-24H,9-11H2,1-3H3. The van der Waals surface area contributed by atoms with Gasteiger partial charge in [-0.15, -0.1) is 0 Å². The van der Waals surface area contributed by atoms with Crippen molar-refractivity contribution in [2.75, 3.05) is 20.2 Å². The molecule has 6 nitrogen and oxygen atoms in total. The van der Waals surface area contributed by atoms with Gasteiger partial charge in [-0.05, 0) is 37.5 Å². The second-order valence-corrected chi connectivity index (χ2v) is 7.10. The quantitative estimate of drug-likeness (QED) is 0.681. The number of aromatic nitrogens is 2. The Morgan fingerprint density at radius 2 is 1.96 bits per heavy atom. The Kier molecular flexibility index (Phi) is 4.55. The Morgan fingerprint density at radius 3 is 2.68 bits per heavy atom. The molecule has 0 aliphatic carbocycles. The van der Waals surface area contributed by atoms with Gasteiger partial charge in [0.1, 0.15) is 5.69 Å². The minimum absolute atomic E-state index is 0.0926. The van der Waals surface area contributed by atoms with Gasteiger partial charge < -0.3 is 19.6 Å². The van der Waals surface area contributed by atoms with Crippen LogP contribution in [0.5, 0.6) is 0 Å². The zero-order chi connectivity index (χ0) is 19.8. The fraction of sp³-hybridized carbons (Fsp3) is 0.273. The predicted octanol–water partition coefficient (Wildman–Crippen LogP) is 3.83. The van der Waals surface area contributed by atoms with Crippen molar-refractivity contribution in [2.24, 2.45) is 0 Å². The van der Waals surface area contributed by atoms with E-state index in [0.29, 0.717) is 35.6 Å². The summed E-state index contributed by atoms with van der Waals surface area (Å²) >= 11 is 0. The Hall–Kier alpha value is -3.28. The minimum atomic E-state index is -0.425. The summed E-state index contributed by atoms with van der Waals surface area (Å²) in [4.78, 5) is 33.2. The molecule has 6 heteroatoms. The number of nitrogens with one attached hydrogen (secondary N) is 2. The molecule has 2 N–H and O–H groups in total. The van der Waals surface area contributed by atoms with Crippen LogP contribution in [0.1, 0.15) is 44.1 Å². The second-order valence-electron chi connectivity index (χ2n) is 7.10. The number of para-hydroxylation sites is 1. The summed E-state index contributed by atoms with van der Waals surface area (Å²) in [6.45, 7) is 4.73. The van der Waals surface area contributed by atoms with E-state index >= 15 is 0 Å². The van der Waals surface area contributed by atoms with Crippen LogP contribution in [0.25, 0.3) is 16.5 Å². The van der Waals surface area contributed by atoms with Gasteiger partial charge in [0, 0.05) is 41.4 Å². The number of hydrogen-bond donors (Lipinski definition) is 2. The van der Waals surface area contributed by atoms with Crippen LogP contribution < -0.4 is 0 Å². The number of methoxy groups -OCH3 is 1. The molecule has 0 atom stereocenters. The fourth-order valence-electron chi connectivity index (χ4n) is 3.97. The number of rotatable bonds is 3. The summed E-state index contributed by atoms with van der Waals surface area (Å²) in [5.41, 5.74) is 5.75. The van der Waals surface area contributed by atoms with Gasteiger partial charge in [0.2, 0.25) is 0 Å². The van der Waals surface area contributed by atoms with E-state index in [9.17, 15) is 9.59 Å². The Balaban J connectivity index is 1.57. The maximum absolute atomic E-state index is 13.0. The van der Waals surface area contributed by atoms with E-state index in [2.05, 4.69) is 28.2 Å². The second kappa shape index (κ2) is 7.03. The lowest BCUT2D eigenvalue weighted by Gasteiger charge is -2.26. The number of aromatic amines is 2. The molecule has 1 aliphatic heterocycles. The molecule has 0 bridgehead atoms. The van der Waals surface area contributed by atoms with Crippen molar-refractivity contribution in [1.82, 2.24) is 14.9 Å². The first kappa shape index (κ1) is 18.1. The average Bonchev–Trinajstić information content (AvgIpc) is 3.28. The maximum Gasteiger partial charge on any atom is 0.339 e. The van der Waals surface area contributed by atoms with Crippen LogP contribution in [0.4, 0.5) is 0 Å². The highest BCUT2D eigenvalue weighted by atomic mass is 16.5. The molecule has 1 aromatic carbocycles. The summed E-state index contributed by atoms with van der Waals surface area (Å²) in [5, 5.41) is 1.20. The van der Waals surface area contributed by atoms with E-state index in [4.69, 9.17) is 4.74 Å². The number of aryl methyl sites for hydroxylation is 1. The highest BCUT2D eigenvalue weighted by Gasteiger charge is 2.27. The summed E-state index contributed by atoms with van der Waals surface area (Å²) < 4.78 is 4.83. The molecule has 144 valence electrons. The summed E-state index contributed by atoms with van der Waals surface area (Å²) in [6, 6.07) is 8.22. The zero-order valence-electron chi connectivity index (χ0n) is 16.3. The van der Waals surface area contributed by atoms with Crippen molar-refractivity contribution in [2.45, 2.75) is 20.3 Å². The smallest absolute Gasteiger partial charge is 0.339 e. The van der Waals surface area contributed by atoms with E-state index in [1.54, 1.807) is 18.7 Å². The lowest BCUT2D eigenvalue weighted by atomic mass is 9.98. The molecule has 0 saturated carbocycles. The third-order valence-corrected chi connectivity index (χ3v) is 5.47. The highest BCUT2D eigenvalue weighted by molar-refractivity contribution is 6.01. The van der Waals surface area contributed by atoms with Crippen LogP contribution in [-0.4, -0.2) is 46.9 Å². The number of hydrogen-bond acceptors (Lipinski definition) is 3. The fourth-order valence-corrected chi connectivity index (χ4v) is 3.97. The SMILES string of the molecule is COC(=O)c1c(C)[nH]c(C(=O)N2CC=C(c3c[nH]c4ccccc34)CC2)c1C. The lowest BCUT2D eigenvalue weighted by molar-refractivity contribution is 0.0599. The van der Waals surface area contributed by atoms with Gasteiger partial charge >= 0.3 is 5.97 Å². The normalized spacial score (nSPS) is 14.2. The summed E-state index contributed by atoms with van der Waals surface area (Å²) in [7, 11) is 1.34. The first-order chi connectivity index (χ1) is 13.5. The van der Waals surface area contributed by atoms with E-state index in [1.807, 2.05) is 18.3 Å². The summed E-state index contributed by atoms with van der Waals surface area (Å²) in [5.74, 6) is -0.518. The molecule has 0 saturated heterocycles. The molecule has 0 fully saturated rings. The highest BCUT2D eigenvalue weighted by Crippen LogP contribution is 2.30. The van der Waals surface area contributed by atoms with Crippen molar-refractivity contribution in [3.05, 3.63) is 64.6 Å². The molecule has 3 aromatic rings.